The molecule has 1 atom stereocenters. The lowest BCUT2D eigenvalue weighted by atomic mass is 9.93. The number of carbonyl (C=O) groups is 1. The minimum Gasteiger partial charge on any atom is -0.342 e. The predicted octanol–water partition coefficient (Wildman–Crippen LogP) is 0.966. The molecule has 2 aliphatic rings. The number of carbonyl (C=O) groups excluding carboxylic acids is 1. The van der Waals surface area contributed by atoms with Gasteiger partial charge < -0.3 is 9.47 Å². The first-order valence-electron chi connectivity index (χ1n) is 9.59. The van der Waals surface area contributed by atoms with Gasteiger partial charge >= 0.3 is 0 Å². The minimum absolute atomic E-state index is 0.0380. The molecule has 0 aromatic carbocycles. The number of sulfonamides is 1. The van der Waals surface area contributed by atoms with E-state index in [2.05, 4.69) is 19.3 Å². The molecule has 4 rings (SSSR count). The lowest BCUT2D eigenvalue weighted by Gasteiger charge is -2.34. The van der Waals surface area contributed by atoms with Gasteiger partial charge in [0, 0.05) is 49.1 Å². The molecule has 1 saturated heterocycles. The van der Waals surface area contributed by atoms with Gasteiger partial charge in [-0.1, -0.05) is 0 Å². The molecule has 156 valence electrons. The van der Waals surface area contributed by atoms with Gasteiger partial charge in [0.15, 0.2) is 5.13 Å². The first-order valence-corrected chi connectivity index (χ1v) is 12.4. The van der Waals surface area contributed by atoms with Gasteiger partial charge in [-0.15, -0.1) is 11.3 Å². The van der Waals surface area contributed by atoms with Gasteiger partial charge in [0.1, 0.15) is 5.82 Å². The fourth-order valence-electron chi connectivity index (χ4n) is 4.06. The number of aryl methyl sites for hydroxylation is 1. The Bertz CT molecular complexity index is 1090. The van der Waals surface area contributed by atoms with E-state index in [1.807, 2.05) is 4.90 Å². The van der Waals surface area contributed by atoms with Crippen molar-refractivity contribution in [3.63, 3.8) is 0 Å². The van der Waals surface area contributed by atoms with E-state index in [1.165, 1.54) is 0 Å². The Morgan fingerprint density at radius 2 is 2.14 bits per heavy atom. The van der Waals surface area contributed by atoms with Crippen molar-refractivity contribution < 1.29 is 13.2 Å². The van der Waals surface area contributed by atoms with Crippen LogP contribution in [0.2, 0.25) is 0 Å². The Morgan fingerprint density at radius 1 is 1.31 bits per heavy atom. The second kappa shape index (κ2) is 7.86. The van der Waals surface area contributed by atoms with Gasteiger partial charge in [0.2, 0.25) is 15.9 Å². The third-order valence-corrected chi connectivity index (χ3v) is 6.77. The van der Waals surface area contributed by atoms with Gasteiger partial charge in [-0.05, 0) is 19.3 Å². The highest BCUT2D eigenvalue weighted by Crippen LogP contribution is 2.29. The first kappa shape index (κ1) is 20.0. The number of amides is 1. The topological polar surface area (TPSA) is 114 Å². The number of anilines is 1. The number of hydrogen-bond acceptors (Lipinski definition) is 7. The van der Waals surface area contributed by atoms with Crippen LogP contribution in [-0.4, -0.2) is 53.1 Å². The summed E-state index contributed by atoms with van der Waals surface area (Å²) in [5.41, 5.74) is 1.34. The number of nitrogens with zero attached hydrogens (tertiary/aromatic N) is 4. The molecule has 2 aliphatic heterocycles. The highest BCUT2D eigenvalue weighted by molar-refractivity contribution is 7.92. The van der Waals surface area contributed by atoms with E-state index < -0.39 is 10.0 Å². The molecule has 29 heavy (non-hydrogen) atoms. The third-order valence-electron chi connectivity index (χ3n) is 5.27. The number of rotatable bonds is 5. The van der Waals surface area contributed by atoms with Crippen LogP contribution in [0.4, 0.5) is 5.13 Å². The van der Waals surface area contributed by atoms with Crippen LogP contribution in [0.25, 0.3) is 0 Å². The average molecular weight is 438 g/mol. The normalized spacial score (nSPS) is 19.2. The maximum Gasteiger partial charge on any atom is 0.273 e. The largest absolute Gasteiger partial charge is 0.342 e. The highest BCUT2D eigenvalue weighted by Gasteiger charge is 2.28. The Kier molecular flexibility index (Phi) is 5.43. The zero-order chi connectivity index (χ0) is 20.6. The molecule has 1 N–H and O–H groups in total. The van der Waals surface area contributed by atoms with Gasteiger partial charge in [-0.3, -0.25) is 14.3 Å². The van der Waals surface area contributed by atoms with E-state index in [4.69, 9.17) is 0 Å². The van der Waals surface area contributed by atoms with Gasteiger partial charge in [0.25, 0.3) is 5.56 Å². The Morgan fingerprint density at radius 3 is 2.93 bits per heavy atom. The quantitative estimate of drug-likeness (QED) is 0.745. The van der Waals surface area contributed by atoms with Crippen LogP contribution in [0.5, 0.6) is 0 Å². The molecule has 2 aromatic rings. The van der Waals surface area contributed by atoms with Crippen molar-refractivity contribution in [3.8, 4) is 0 Å². The molecule has 0 bridgehead atoms. The van der Waals surface area contributed by atoms with Crippen LogP contribution in [0.3, 0.4) is 0 Å². The van der Waals surface area contributed by atoms with Gasteiger partial charge in [-0.2, -0.15) is 4.98 Å². The van der Waals surface area contributed by atoms with E-state index in [-0.39, 0.29) is 28.9 Å². The molecule has 4 heterocycles. The van der Waals surface area contributed by atoms with Crippen LogP contribution in [-0.2, 0) is 34.2 Å². The van der Waals surface area contributed by atoms with E-state index in [0.29, 0.717) is 18.8 Å². The number of piperidine rings is 1. The summed E-state index contributed by atoms with van der Waals surface area (Å²) < 4.78 is 27.1. The Labute approximate surface area is 172 Å². The maximum atomic E-state index is 12.8. The van der Waals surface area contributed by atoms with E-state index in [9.17, 15) is 18.0 Å². The third kappa shape index (κ3) is 4.67. The van der Waals surface area contributed by atoms with Crippen LogP contribution in [0, 0.1) is 0 Å². The van der Waals surface area contributed by atoms with Crippen LogP contribution < -0.4 is 10.3 Å². The summed E-state index contributed by atoms with van der Waals surface area (Å²) in [6.07, 6.45) is 4.82. The zero-order valence-electron chi connectivity index (χ0n) is 16.1. The van der Waals surface area contributed by atoms with E-state index >= 15 is 0 Å². The van der Waals surface area contributed by atoms with Crippen LogP contribution in [0.15, 0.2) is 16.2 Å². The average Bonchev–Trinajstić information content (AvgIpc) is 3.29. The Hall–Kier alpha value is -2.27. The molecule has 2 aromatic heterocycles. The molecule has 11 heteroatoms. The van der Waals surface area contributed by atoms with E-state index in [0.717, 1.165) is 61.3 Å². The molecular formula is C18H23N5O4S2. The number of nitrogens with one attached hydrogen (secondary N) is 1. The number of hydrogen-bond donors (Lipinski definition) is 1. The zero-order valence-corrected chi connectivity index (χ0v) is 17.8. The summed E-state index contributed by atoms with van der Waals surface area (Å²) in [5, 5.41) is 1.96. The summed E-state index contributed by atoms with van der Waals surface area (Å²) in [5.74, 6) is 0.937. The smallest absolute Gasteiger partial charge is 0.273 e. The minimum atomic E-state index is -3.39. The van der Waals surface area contributed by atoms with Gasteiger partial charge in [0.05, 0.1) is 18.4 Å². The summed E-state index contributed by atoms with van der Waals surface area (Å²) in [6.45, 7) is 2.12. The van der Waals surface area contributed by atoms with Crippen LogP contribution >= 0.6 is 11.3 Å². The molecule has 0 aliphatic carbocycles. The first-order chi connectivity index (χ1) is 13.8. The standard InChI is InChI=1S/C18H23N5O4S2/c1-29(26,27)21-18-19-13(11-28-18)8-17(25)22-6-2-4-12(10-22)14-9-16(24)20-15-5-3-7-23(14)15/h9,11-12H,2-8,10H2,1H3,(H,19,21)/t12-/m1/s1. The monoisotopic (exact) mass is 437 g/mol. The van der Waals surface area contributed by atoms with Crippen molar-refractivity contribution in [2.45, 2.75) is 44.6 Å². The van der Waals surface area contributed by atoms with Crippen molar-refractivity contribution in [1.29, 1.82) is 0 Å². The lowest BCUT2D eigenvalue weighted by molar-refractivity contribution is -0.131. The Balaban J connectivity index is 1.45. The van der Waals surface area contributed by atoms with Crippen molar-refractivity contribution >= 4 is 32.4 Å². The van der Waals surface area contributed by atoms with Crippen molar-refractivity contribution in [2.24, 2.45) is 0 Å². The molecule has 1 fully saturated rings. The molecule has 0 radical (unpaired) electrons. The summed E-state index contributed by atoms with van der Waals surface area (Å²) in [7, 11) is -3.39. The maximum absolute atomic E-state index is 12.8. The fourth-order valence-corrected chi connectivity index (χ4v) is 5.62. The lowest BCUT2D eigenvalue weighted by Crippen LogP contribution is -2.41. The molecule has 0 spiro atoms. The van der Waals surface area contributed by atoms with E-state index in [1.54, 1.807) is 11.4 Å². The molecule has 1 amide bonds. The number of likely N-dealkylation sites (tertiary alicyclic amines) is 1. The SMILES string of the molecule is CS(=O)(=O)Nc1nc(CC(=O)N2CCC[C@@H](c3cc(=O)nc4n3CCC4)C2)cs1. The summed E-state index contributed by atoms with van der Waals surface area (Å²) in [6, 6.07) is 1.62. The summed E-state index contributed by atoms with van der Waals surface area (Å²) >= 11 is 1.16. The molecule has 0 unspecified atom stereocenters. The number of fused-ring (bicyclic) bond motifs is 1. The molecule has 9 nitrogen and oxygen atoms in total. The summed E-state index contributed by atoms with van der Waals surface area (Å²) in [4.78, 5) is 34.9. The second-order valence-corrected chi connectivity index (χ2v) is 10.2. The van der Waals surface area contributed by atoms with Gasteiger partial charge in [-0.25, -0.2) is 13.4 Å². The predicted molar refractivity (Wildman–Crippen MR) is 110 cm³/mol. The van der Waals surface area contributed by atoms with Crippen molar-refractivity contribution in [2.75, 3.05) is 24.1 Å². The molecule has 0 saturated carbocycles. The van der Waals surface area contributed by atoms with Crippen molar-refractivity contribution in [3.05, 3.63) is 39.0 Å². The van der Waals surface area contributed by atoms with Crippen molar-refractivity contribution in [1.82, 2.24) is 19.4 Å². The highest BCUT2D eigenvalue weighted by atomic mass is 32.2. The second-order valence-electron chi connectivity index (χ2n) is 7.56. The number of aromatic nitrogens is 3. The van der Waals surface area contributed by atoms with Crippen LogP contribution in [0.1, 0.15) is 42.4 Å². The molecular weight excluding hydrogens is 414 g/mol. The number of thiazole rings is 1. The fraction of sp³-hybridized carbons (Fsp3) is 0.556.